The molecular formula is C10H16N2O4. The lowest BCUT2D eigenvalue weighted by atomic mass is 9.90. The maximum absolute atomic E-state index is 12.2. The number of amides is 3. The number of aliphatic hydroxyl groups excluding tert-OH is 1. The van der Waals surface area contributed by atoms with Gasteiger partial charge in [-0.15, -0.1) is 0 Å². The van der Waals surface area contributed by atoms with Crippen molar-refractivity contribution in [2.45, 2.75) is 31.3 Å². The number of nitrogens with zero attached hydrogens (tertiary/aromatic N) is 1. The van der Waals surface area contributed by atoms with E-state index < -0.39 is 17.6 Å². The van der Waals surface area contributed by atoms with Gasteiger partial charge in [-0.2, -0.15) is 0 Å². The quantitative estimate of drug-likeness (QED) is 0.623. The Bertz CT molecular complexity index is 312. The van der Waals surface area contributed by atoms with Crippen LogP contribution in [0.5, 0.6) is 0 Å². The molecule has 0 aromatic rings. The standard InChI is InChI=1S/C10H16N2O4/c1-7(6-13)12-8(14)10(11-9(12)15)2-4-16-5-3-10/h7,13H,2-6H2,1H3,(H,11,15). The van der Waals surface area contributed by atoms with Crippen LogP contribution in [0, 0.1) is 0 Å². The third-order valence-electron chi connectivity index (χ3n) is 3.24. The van der Waals surface area contributed by atoms with Crippen LogP contribution in [-0.2, 0) is 9.53 Å². The summed E-state index contributed by atoms with van der Waals surface area (Å²) in [7, 11) is 0. The van der Waals surface area contributed by atoms with E-state index >= 15 is 0 Å². The van der Waals surface area contributed by atoms with Crippen LogP contribution in [0.3, 0.4) is 0 Å². The van der Waals surface area contributed by atoms with Gasteiger partial charge < -0.3 is 15.2 Å². The second kappa shape index (κ2) is 4.03. The van der Waals surface area contributed by atoms with Crippen molar-refractivity contribution in [3.8, 4) is 0 Å². The molecule has 1 atom stereocenters. The molecule has 2 heterocycles. The fourth-order valence-corrected chi connectivity index (χ4v) is 2.18. The van der Waals surface area contributed by atoms with E-state index in [1.165, 1.54) is 0 Å². The lowest BCUT2D eigenvalue weighted by molar-refractivity contribution is -0.136. The number of hydrogen-bond donors (Lipinski definition) is 2. The summed E-state index contributed by atoms with van der Waals surface area (Å²) in [5.74, 6) is -0.234. The first kappa shape index (κ1) is 11.3. The van der Waals surface area contributed by atoms with E-state index in [2.05, 4.69) is 5.32 Å². The minimum Gasteiger partial charge on any atom is -0.394 e. The van der Waals surface area contributed by atoms with Crippen molar-refractivity contribution in [1.29, 1.82) is 0 Å². The van der Waals surface area contributed by atoms with Crippen molar-refractivity contribution in [3.05, 3.63) is 0 Å². The molecule has 6 heteroatoms. The number of ether oxygens (including phenoxy) is 1. The Kier molecular flexibility index (Phi) is 2.86. The molecule has 0 aliphatic carbocycles. The molecule has 1 unspecified atom stereocenters. The minimum absolute atomic E-state index is 0.217. The van der Waals surface area contributed by atoms with Crippen molar-refractivity contribution >= 4 is 11.9 Å². The van der Waals surface area contributed by atoms with E-state index in [4.69, 9.17) is 9.84 Å². The maximum Gasteiger partial charge on any atom is 0.325 e. The van der Waals surface area contributed by atoms with E-state index in [1.54, 1.807) is 6.92 Å². The summed E-state index contributed by atoms with van der Waals surface area (Å²) in [6.07, 6.45) is 1.01. The zero-order chi connectivity index (χ0) is 11.8. The molecule has 0 radical (unpaired) electrons. The van der Waals surface area contributed by atoms with Crippen LogP contribution < -0.4 is 5.32 Å². The van der Waals surface area contributed by atoms with Gasteiger partial charge in [-0.25, -0.2) is 4.79 Å². The fourth-order valence-electron chi connectivity index (χ4n) is 2.18. The third-order valence-corrected chi connectivity index (χ3v) is 3.24. The fraction of sp³-hybridized carbons (Fsp3) is 0.800. The topological polar surface area (TPSA) is 78.9 Å². The van der Waals surface area contributed by atoms with E-state index in [9.17, 15) is 9.59 Å². The number of urea groups is 1. The molecule has 90 valence electrons. The van der Waals surface area contributed by atoms with Crippen LogP contribution in [0.25, 0.3) is 0 Å². The van der Waals surface area contributed by atoms with Gasteiger partial charge in [0.25, 0.3) is 5.91 Å². The minimum atomic E-state index is -0.793. The summed E-state index contributed by atoms with van der Waals surface area (Å²) < 4.78 is 5.19. The lowest BCUT2D eigenvalue weighted by Crippen LogP contribution is -2.51. The second-order valence-electron chi connectivity index (χ2n) is 4.33. The van der Waals surface area contributed by atoms with E-state index in [0.29, 0.717) is 26.1 Å². The molecule has 2 aliphatic heterocycles. The zero-order valence-electron chi connectivity index (χ0n) is 9.23. The van der Waals surface area contributed by atoms with Crippen LogP contribution in [-0.4, -0.2) is 53.3 Å². The highest BCUT2D eigenvalue weighted by Crippen LogP contribution is 2.29. The first-order valence-corrected chi connectivity index (χ1v) is 5.45. The average Bonchev–Trinajstić information content (AvgIpc) is 2.51. The molecule has 0 aromatic carbocycles. The number of carbonyl (C=O) groups excluding carboxylic acids is 2. The van der Waals surface area contributed by atoms with Crippen molar-refractivity contribution in [3.63, 3.8) is 0 Å². The van der Waals surface area contributed by atoms with Gasteiger partial charge in [0.2, 0.25) is 0 Å². The molecule has 2 fully saturated rings. The van der Waals surface area contributed by atoms with Crippen LogP contribution in [0.4, 0.5) is 4.79 Å². The predicted octanol–water partition coefficient (Wildman–Crippen LogP) is -0.532. The van der Waals surface area contributed by atoms with Crippen LogP contribution >= 0.6 is 0 Å². The smallest absolute Gasteiger partial charge is 0.325 e. The molecular weight excluding hydrogens is 212 g/mol. The highest BCUT2D eigenvalue weighted by atomic mass is 16.5. The zero-order valence-corrected chi connectivity index (χ0v) is 9.23. The first-order chi connectivity index (χ1) is 7.60. The molecule has 2 aliphatic rings. The predicted molar refractivity (Wildman–Crippen MR) is 54.7 cm³/mol. The Labute approximate surface area is 93.6 Å². The van der Waals surface area contributed by atoms with Gasteiger partial charge in [0.05, 0.1) is 12.6 Å². The van der Waals surface area contributed by atoms with Gasteiger partial charge in [0.1, 0.15) is 5.54 Å². The summed E-state index contributed by atoms with van der Waals surface area (Å²) in [6.45, 7) is 2.39. The number of carbonyl (C=O) groups is 2. The van der Waals surface area contributed by atoms with Crippen molar-refractivity contribution in [2.24, 2.45) is 0 Å². The molecule has 2 N–H and O–H groups in total. The van der Waals surface area contributed by atoms with Gasteiger partial charge in [-0.1, -0.05) is 0 Å². The Hall–Kier alpha value is -1.14. The molecule has 6 nitrogen and oxygen atoms in total. The van der Waals surface area contributed by atoms with Crippen LogP contribution in [0.1, 0.15) is 19.8 Å². The Morgan fingerprint density at radius 1 is 1.50 bits per heavy atom. The summed E-state index contributed by atoms with van der Waals surface area (Å²) in [5.41, 5.74) is -0.793. The van der Waals surface area contributed by atoms with E-state index in [0.717, 1.165) is 4.90 Å². The van der Waals surface area contributed by atoms with Crippen molar-refractivity contribution < 1.29 is 19.4 Å². The molecule has 0 saturated carbocycles. The number of aliphatic hydroxyl groups is 1. The highest BCUT2D eigenvalue weighted by Gasteiger charge is 2.52. The third kappa shape index (κ3) is 1.58. The summed E-state index contributed by atoms with van der Waals surface area (Å²) in [4.78, 5) is 25.0. The molecule has 3 amide bonds. The van der Waals surface area contributed by atoms with Gasteiger partial charge in [-0.05, 0) is 6.92 Å². The molecule has 16 heavy (non-hydrogen) atoms. The normalized spacial score (nSPS) is 26.0. The Morgan fingerprint density at radius 2 is 2.12 bits per heavy atom. The highest BCUT2D eigenvalue weighted by molar-refractivity contribution is 6.07. The second-order valence-corrected chi connectivity index (χ2v) is 4.33. The van der Waals surface area contributed by atoms with E-state index in [-0.39, 0.29) is 12.5 Å². The van der Waals surface area contributed by atoms with E-state index in [1.807, 2.05) is 0 Å². The molecule has 2 saturated heterocycles. The van der Waals surface area contributed by atoms with Crippen molar-refractivity contribution in [2.75, 3.05) is 19.8 Å². The lowest BCUT2D eigenvalue weighted by Gasteiger charge is -2.31. The van der Waals surface area contributed by atoms with Crippen LogP contribution in [0.15, 0.2) is 0 Å². The SMILES string of the molecule is CC(CO)N1C(=O)NC2(CCOCC2)C1=O. The van der Waals surface area contributed by atoms with Gasteiger partial charge in [0, 0.05) is 26.1 Å². The number of imide groups is 1. The van der Waals surface area contributed by atoms with Gasteiger partial charge >= 0.3 is 6.03 Å². The largest absolute Gasteiger partial charge is 0.394 e. The Balaban J connectivity index is 2.20. The summed E-state index contributed by atoms with van der Waals surface area (Å²) in [6, 6.07) is -0.886. The molecule has 1 spiro atoms. The monoisotopic (exact) mass is 228 g/mol. The molecule has 0 bridgehead atoms. The van der Waals surface area contributed by atoms with Gasteiger partial charge in [-0.3, -0.25) is 9.69 Å². The first-order valence-electron chi connectivity index (χ1n) is 5.45. The number of nitrogens with one attached hydrogen (secondary N) is 1. The summed E-state index contributed by atoms with van der Waals surface area (Å²) in [5, 5.41) is 11.7. The molecule has 2 rings (SSSR count). The number of hydrogen-bond acceptors (Lipinski definition) is 4. The average molecular weight is 228 g/mol. The van der Waals surface area contributed by atoms with Crippen molar-refractivity contribution in [1.82, 2.24) is 10.2 Å². The maximum atomic E-state index is 12.2. The summed E-state index contributed by atoms with van der Waals surface area (Å²) >= 11 is 0. The van der Waals surface area contributed by atoms with Crippen LogP contribution in [0.2, 0.25) is 0 Å². The number of rotatable bonds is 2. The van der Waals surface area contributed by atoms with Gasteiger partial charge in [0.15, 0.2) is 0 Å². The molecule has 0 aromatic heterocycles. The Morgan fingerprint density at radius 3 is 2.69 bits per heavy atom.